The lowest BCUT2D eigenvalue weighted by molar-refractivity contribution is 0.0600. The van der Waals surface area contributed by atoms with Crippen LogP contribution in [0.25, 0.3) is 0 Å². The maximum absolute atomic E-state index is 11.3. The molecule has 0 fully saturated rings. The molecule has 0 radical (unpaired) electrons. The lowest BCUT2D eigenvalue weighted by Crippen LogP contribution is -2.17. The van der Waals surface area contributed by atoms with Crippen LogP contribution in [0.3, 0.4) is 0 Å². The minimum absolute atomic E-state index is 0.118. The zero-order chi connectivity index (χ0) is 13.2. The van der Waals surface area contributed by atoms with Crippen LogP contribution in [0.2, 0.25) is 0 Å². The number of primary sulfonamides is 1. The van der Waals surface area contributed by atoms with Gasteiger partial charge in [-0.3, -0.25) is 4.79 Å². The summed E-state index contributed by atoms with van der Waals surface area (Å²) < 4.78 is 26.7. The first kappa shape index (κ1) is 13.1. The summed E-state index contributed by atoms with van der Waals surface area (Å²) in [6.45, 7) is 0. The molecule has 4 N–H and O–H groups in total. The molecule has 0 spiro atoms. The number of ether oxygens (including phenoxy) is 1. The number of carbonyl (C=O) groups is 2. The molecule has 1 aromatic carbocycles. The minimum Gasteiger partial charge on any atom is -0.465 e. The molecular formula is C9H10N2O5S. The van der Waals surface area contributed by atoms with Crippen LogP contribution in [0.15, 0.2) is 23.1 Å². The van der Waals surface area contributed by atoms with Crippen molar-refractivity contribution in [1.29, 1.82) is 0 Å². The number of sulfonamides is 1. The van der Waals surface area contributed by atoms with Gasteiger partial charge in [-0.1, -0.05) is 0 Å². The lowest BCUT2D eigenvalue weighted by atomic mass is 10.1. The number of hydrogen-bond acceptors (Lipinski definition) is 5. The van der Waals surface area contributed by atoms with E-state index in [1.165, 1.54) is 0 Å². The third-order valence-electron chi connectivity index (χ3n) is 1.94. The first-order valence-corrected chi connectivity index (χ1v) is 5.86. The van der Waals surface area contributed by atoms with Gasteiger partial charge in [0.1, 0.15) is 0 Å². The molecule has 0 aliphatic rings. The number of carbonyl (C=O) groups excluding carboxylic acids is 2. The average Bonchev–Trinajstić information content (AvgIpc) is 2.26. The Morgan fingerprint density at radius 3 is 2.12 bits per heavy atom. The highest BCUT2D eigenvalue weighted by Gasteiger charge is 2.16. The summed E-state index contributed by atoms with van der Waals surface area (Å²) in [6, 6.07) is 3.13. The molecule has 8 heteroatoms. The molecule has 17 heavy (non-hydrogen) atoms. The summed E-state index contributed by atoms with van der Waals surface area (Å²) in [4.78, 5) is 21.9. The molecule has 0 atom stereocenters. The first-order chi connectivity index (χ1) is 7.75. The van der Waals surface area contributed by atoms with E-state index >= 15 is 0 Å². The SMILES string of the molecule is COC(=O)c1cc(C(N)=O)cc(S(N)(=O)=O)c1. The Labute approximate surface area is 97.4 Å². The van der Waals surface area contributed by atoms with Gasteiger partial charge in [-0.25, -0.2) is 18.4 Å². The van der Waals surface area contributed by atoms with Crippen molar-refractivity contribution in [2.24, 2.45) is 10.9 Å². The Bertz CT molecular complexity index is 579. The topological polar surface area (TPSA) is 130 Å². The van der Waals surface area contributed by atoms with E-state index in [0.29, 0.717) is 0 Å². The van der Waals surface area contributed by atoms with Crippen LogP contribution in [0.4, 0.5) is 0 Å². The van der Waals surface area contributed by atoms with Crippen LogP contribution in [0.1, 0.15) is 20.7 Å². The summed E-state index contributed by atoms with van der Waals surface area (Å²) in [5.74, 6) is -1.67. The quantitative estimate of drug-likeness (QED) is 0.687. The maximum atomic E-state index is 11.3. The molecule has 0 bridgehead atoms. The molecule has 0 aliphatic carbocycles. The fourth-order valence-electron chi connectivity index (χ4n) is 1.14. The van der Waals surface area contributed by atoms with Crippen LogP contribution in [-0.2, 0) is 14.8 Å². The van der Waals surface area contributed by atoms with E-state index in [9.17, 15) is 18.0 Å². The van der Waals surface area contributed by atoms with Crippen molar-refractivity contribution >= 4 is 21.9 Å². The zero-order valence-electron chi connectivity index (χ0n) is 8.84. The maximum Gasteiger partial charge on any atom is 0.337 e. The molecule has 0 unspecified atom stereocenters. The van der Waals surface area contributed by atoms with E-state index in [-0.39, 0.29) is 16.0 Å². The second kappa shape index (κ2) is 4.52. The van der Waals surface area contributed by atoms with Gasteiger partial charge in [0, 0.05) is 5.56 Å². The molecule has 1 aromatic rings. The van der Waals surface area contributed by atoms with E-state index in [1.807, 2.05) is 0 Å². The standard InChI is InChI=1S/C9H10N2O5S/c1-16-9(13)6-2-5(8(10)12)3-7(4-6)17(11,14)15/h2-4H,1H3,(H2,10,12)(H2,11,14,15). The van der Waals surface area contributed by atoms with Gasteiger partial charge in [0.15, 0.2) is 0 Å². The normalized spacial score (nSPS) is 10.9. The number of benzene rings is 1. The van der Waals surface area contributed by atoms with Gasteiger partial charge in [0.05, 0.1) is 17.6 Å². The fraction of sp³-hybridized carbons (Fsp3) is 0.111. The molecule has 0 aromatic heterocycles. The highest BCUT2D eigenvalue weighted by molar-refractivity contribution is 7.89. The first-order valence-electron chi connectivity index (χ1n) is 4.31. The van der Waals surface area contributed by atoms with E-state index in [2.05, 4.69) is 4.74 Å². The predicted octanol–water partition coefficient (Wildman–Crippen LogP) is -0.780. The Balaban J connectivity index is 3.50. The van der Waals surface area contributed by atoms with Crippen molar-refractivity contribution in [3.05, 3.63) is 29.3 Å². The summed E-state index contributed by atoms with van der Waals surface area (Å²) in [5.41, 5.74) is 4.75. The predicted molar refractivity (Wildman–Crippen MR) is 57.7 cm³/mol. The van der Waals surface area contributed by atoms with Crippen molar-refractivity contribution in [2.45, 2.75) is 4.90 Å². The van der Waals surface area contributed by atoms with Gasteiger partial charge in [0.2, 0.25) is 15.9 Å². The van der Waals surface area contributed by atoms with Crippen LogP contribution in [0.5, 0.6) is 0 Å². The zero-order valence-corrected chi connectivity index (χ0v) is 9.65. The summed E-state index contributed by atoms with van der Waals surface area (Å²) in [5, 5.41) is 4.90. The number of methoxy groups -OCH3 is 1. The number of amides is 1. The number of esters is 1. The molecular weight excluding hydrogens is 248 g/mol. The van der Waals surface area contributed by atoms with Gasteiger partial charge in [-0.05, 0) is 18.2 Å². The van der Waals surface area contributed by atoms with Crippen LogP contribution in [0, 0.1) is 0 Å². The van der Waals surface area contributed by atoms with Crippen molar-refractivity contribution in [3.8, 4) is 0 Å². The summed E-state index contributed by atoms with van der Waals surface area (Å²) in [7, 11) is -2.92. The Morgan fingerprint density at radius 1 is 1.18 bits per heavy atom. The number of primary amides is 1. The van der Waals surface area contributed by atoms with Gasteiger partial charge in [-0.15, -0.1) is 0 Å². The van der Waals surface area contributed by atoms with Crippen LogP contribution < -0.4 is 10.9 Å². The highest BCUT2D eigenvalue weighted by Crippen LogP contribution is 2.14. The van der Waals surface area contributed by atoms with E-state index < -0.39 is 21.9 Å². The smallest absolute Gasteiger partial charge is 0.337 e. The van der Waals surface area contributed by atoms with Crippen molar-refractivity contribution in [3.63, 3.8) is 0 Å². The highest BCUT2D eigenvalue weighted by atomic mass is 32.2. The monoisotopic (exact) mass is 258 g/mol. The summed E-state index contributed by atoms with van der Waals surface area (Å²) >= 11 is 0. The number of hydrogen-bond donors (Lipinski definition) is 2. The van der Waals surface area contributed by atoms with E-state index in [4.69, 9.17) is 10.9 Å². The molecule has 1 rings (SSSR count). The lowest BCUT2D eigenvalue weighted by Gasteiger charge is -2.05. The Kier molecular flexibility index (Phi) is 3.49. The van der Waals surface area contributed by atoms with Crippen molar-refractivity contribution < 1.29 is 22.7 Å². The van der Waals surface area contributed by atoms with Crippen molar-refractivity contribution in [1.82, 2.24) is 0 Å². The van der Waals surface area contributed by atoms with Gasteiger partial charge >= 0.3 is 5.97 Å². The summed E-state index contributed by atoms with van der Waals surface area (Å²) in [6.07, 6.45) is 0. The molecule has 92 valence electrons. The molecule has 7 nitrogen and oxygen atoms in total. The van der Waals surface area contributed by atoms with E-state index in [0.717, 1.165) is 25.3 Å². The number of rotatable bonds is 3. The average molecular weight is 258 g/mol. The third kappa shape index (κ3) is 3.02. The van der Waals surface area contributed by atoms with Crippen LogP contribution in [-0.4, -0.2) is 27.4 Å². The number of nitrogens with two attached hydrogens (primary N) is 2. The molecule has 0 saturated heterocycles. The van der Waals surface area contributed by atoms with Crippen molar-refractivity contribution in [2.75, 3.05) is 7.11 Å². The van der Waals surface area contributed by atoms with Gasteiger partial charge in [-0.2, -0.15) is 0 Å². The second-order valence-electron chi connectivity index (χ2n) is 3.15. The third-order valence-corrected chi connectivity index (χ3v) is 2.83. The molecule has 0 heterocycles. The molecule has 0 aliphatic heterocycles. The molecule has 1 amide bonds. The largest absolute Gasteiger partial charge is 0.465 e. The van der Waals surface area contributed by atoms with Gasteiger partial charge in [0.25, 0.3) is 0 Å². The Hall–Kier alpha value is -1.93. The second-order valence-corrected chi connectivity index (χ2v) is 4.71. The van der Waals surface area contributed by atoms with Crippen LogP contribution >= 0.6 is 0 Å². The molecule has 0 saturated carbocycles. The van der Waals surface area contributed by atoms with Gasteiger partial charge < -0.3 is 10.5 Å². The fourth-order valence-corrected chi connectivity index (χ4v) is 1.72. The van der Waals surface area contributed by atoms with E-state index in [1.54, 1.807) is 0 Å². The Morgan fingerprint density at radius 2 is 1.71 bits per heavy atom. The minimum atomic E-state index is -4.04.